The maximum absolute atomic E-state index is 11.8. The summed E-state index contributed by atoms with van der Waals surface area (Å²) in [6.45, 7) is 6.41. The molecule has 0 aliphatic carbocycles. The van der Waals surface area contributed by atoms with Crippen molar-refractivity contribution in [1.29, 1.82) is 0 Å². The zero-order chi connectivity index (χ0) is 20.5. The van der Waals surface area contributed by atoms with Crippen LogP contribution in [-0.2, 0) is 11.2 Å². The quantitative estimate of drug-likeness (QED) is 0.659. The predicted octanol–water partition coefficient (Wildman–Crippen LogP) is 3.86. The average Bonchev–Trinajstić information content (AvgIpc) is 2.72. The van der Waals surface area contributed by atoms with Crippen LogP contribution in [0.3, 0.4) is 0 Å². The van der Waals surface area contributed by atoms with Crippen molar-refractivity contribution in [1.82, 2.24) is 14.9 Å². The molecule has 0 unspecified atom stereocenters. The lowest BCUT2D eigenvalue weighted by molar-refractivity contribution is 0.0983. The molecule has 2 heterocycles. The minimum atomic E-state index is -0.217. The highest BCUT2D eigenvalue weighted by molar-refractivity contribution is 5.67. The van der Waals surface area contributed by atoms with Crippen molar-refractivity contribution in [2.24, 2.45) is 0 Å². The number of carbonyl (C=O) groups excluding carboxylic acids is 1. The van der Waals surface area contributed by atoms with Gasteiger partial charge in [-0.3, -0.25) is 0 Å². The SMILES string of the molecule is CCOC(=O)N1CCC(Nc2cc(NCCCc3ccccc3)nc(C)n2)CC1. The fourth-order valence-corrected chi connectivity index (χ4v) is 3.52. The Morgan fingerprint density at radius 2 is 1.90 bits per heavy atom. The Bertz CT molecular complexity index is 776. The number of amides is 1. The van der Waals surface area contributed by atoms with Gasteiger partial charge in [-0.2, -0.15) is 0 Å². The van der Waals surface area contributed by atoms with E-state index in [-0.39, 0.29) is 6.09 Å². The molecule has 2 aromatic rings. The van der Waals surface area contributed by atoms with E-state index in [1.165, 1.54) is 5.56 Å². The van der Waals surface area contributed by atoms with Gasteiger partial charge in [-0.25, -0.2) is 14.8 Å². The third-order valence-electron chi connectivity index (χ3n) is 5.00. The van der Waals surface area contributed by atoms with Gasteiger partial charge in [0, 0.05) is 31.7 Å². The number of hydrogen-bond donors (Lipinski definition) is 2. The molecule has 0 saturated carbocycles. The summed E-state index contributed by atoms with van der Waals surface area (Å²) in [6, 6.07) is 12.8. The minimum Gasteiger partial charge on any atom is -0.450 e. The highest BCUT2D eigenvalue weighted by atomic mass is 16.6. The first-order valence-corrected chi connectivity index (χ1v) is 10.5. The third-order valence-corrected chi connectivity index (χ3v) is 5.00. The number of anilines is 2. The van der Waals surface area contributed by atoms with E-state index in [0.29, 0.717) is 25.7 Å². The number of aromatic nitrogens is 2. The third kappa shape index (κ3) is 6.62. The number of carbonyl (C=O) groups is 1. The number of piperidine rings is 1. The molecule has 2 N–H and O–H groups in total. The first-order valence-electron chi connectivity index (χ1n) is 10.5. The first-order chi connectivity index (χ1) is 14.1. The molecule has 0 bridgehead atoms. The van der Waals surface area contributed by atoms with Crippen LogP contribution in [0.15, 0.2) is 36.4 Å². The monoisotopic (exact) mass is 397 g/mol. The van der Waals surface area contributed by atoms with Crippen LogP contribution in [-0.4, -0.2) is 53.2 Å². The molecular weight excluding hydrogens is 366 g/mol. The number of aryl methyl sites for hydroxylation is 2. The summed E-state index contributed by atoms with van der Waals surface area (Å²) in [5.41, 5.74) is 1.35. The molecule has 1 amide bonds. The van der Waals surface area contributed by atoms with Crippen LogP contribution >= 0.6 is 0 Å². The number of likely N-dealkylation sites (tertiary alicyclic amines) is 1. The van der Waals surface area contributed by atoms with Crippen molar-refractivity contribution in [3.63, 3.8) is 0 Å². The highest BCUT2D eigenvalue weighted by Gasteiger charge is 2.23. The Kier molecular flexibility index (Phi) is 7.67. The smallest absolute Gasteiger partial charge is 0.409 e. The fraction of sp³-hybridized carbons (Fsp3) is 0.500. The lowest BCUT2D eigenvalue weighted by Gasteiger charge is -2.31. The lowest BCUT2D eigenvalue weighted by Crippen LogP contribution is -2.42. The normalized spacial score (nSPS) is 14.5. The van der Waals surface area contributed by atoms with Crippen LogP contribution in [0.4, 0.5) is 16.4 Å². The number of benzene rings is 1. The maximum atomic E-state index is 11.8. The van der Waals surface area contributed by atoms with E-state index in [9.17, 15) is 4.79 Å². The summed E-state index contributed by atoms with van der Waals surface area (Å²) in [6.07, 6.45) is 3.62. The zero-order valence-corrected chi connectivity index (χ0v) is 17.4. The summed E-state index contributed by atoms with van der Waals surface area (Å²) >= 11 is 0. The van der Waals surface area contributed by atoms with Crippen LogP contribution in [0.5, 0.6) is 0 Å². The molecule has 1 fully saturated rings. The van der Waals surface area contributed by atoms with E-state index in [1.54, 1.807) is 4.90 Å². The van der Waals surface area contributed by atoms with E-state index in [4.69, 9.17) is 4.74 Å². The van der Waals surface area contributed by atoms with E-state index < -0.39 is 0 Å². The summed E-state index contributed by atoms with van der Waals surface area (Å²) in [7, 11) is 0. The van der Waals surface area contributed by atoms with Gasteiger partial charge in [0.15, 0.2) is 0 Å². The lowest BCUT2D eigenvalue weighted by atomic mass is 10.1. The van der Waals surface area contributed by atoms with Gasteiger partial charge in [-0.1, -0.05) is 30.3 Å². The summed E-state index contributed by atoms with van der Waals surface area (Å²) < 4.78 is 5.08. The minimum absolute atomic E-state index is 0.217. The number of ether oxygens (including phenoxy) is 1. The van der Waals surface area contributed by atoms with Gasteiger partial charge in [0.1, 0.15) is 17.5 Å². The first kappa shape index (κ1) is 20.9. The maximum Gasteiger partial charge on any atom is 0.409 e. The van der Waals surface area contributed by atoms with E-state index >= 15 is 0 Å². The summed E-state index contributed by atoms with van der Waals surface area (Å²) in [4.78, 5) is 22.6. The molecule has 0 radical (unpaired) electrons. The van der Waals surface area contributed by atoms with Gasteiger partial charge in [-0.05, 0) is 45.1 Å². The highest BCUT2D eigenvalue weighted by Crippen LogP contribution is 2.18. The molecule has 3 rings (SSSR count). The summed E-state index contributed by atoms with van der Waals surface area (Å²) in [5.74, 6) is 2.42. The van der Waals surface area contributed by atoms with Gasteiger partial charge in [0.05, 0.1) is 6.61 Å². The van der Waals surface area contributed by atoms with Crippen molar-refractivity contribution in [2.45, 2.75) is 45.6 Å². The van der Waals surface area contributed by atoms with Crippen molar-refractivity contribution in [3.8, 4) is 0 Å². The molecule has 7 heteroatoms. The molecule has 7 nitrogen and oxygen atoms in total. The second-order valence-corrected chi connectivity index (χ2v) is 7.31. The van der Waals surface area contributed by atoms with Crippen molar-refractivity contribution in [3.05, 3.63) is 47.8 Å². The molecule has 29 heavy (non-hydrogen) atoms. The Hall–Kier alpha value is -2.83. The Balaban J connectivity index is 1.46. The topological polar surface area (TPSA) is 79.4 Å². The van der Waals surface area contributed by atoms with Gasteiger partial charge >= 0.3 is 6.09 Å². The Morgan fingerprint density at radius 1 is 1.17 bits per heavy atom. The van der Waals surface area contributed by atoms with Crippen molar-refractivity contribution in [2.75, 3.05) is 36.9 Å². The van der Waals surface area contributed by atoms with Crippen LogP contribution in [0, 0.1) is 6.92 Å². The largest absolute Gasteiger partial charge is 0.450 e. The summed E-state index contributed by atoms with van der Waals surface area (Å²) in [5, 5.41) is 6.91. The van der Waals surface area contributed by atoms with E-state index in [2.05, 4.69) is 44.9 Å². The van der Waals surface area contributed by atoms with Crippen molar-refractivity contribution < 1.29 is 9.53 Å². The van der Waals surface area contributed by atoms with Gasteiger partial charge < -0.3 is 20.3 Å². The second-order valence-electron chi connectivity index (χ2n) is 7.31. The van der Waals surface area contributed by atoms with E-state index in [0.717, 1.165) is 49.7 Å². The zero-order valence-electron chi connectivity index (χ0n) is 17.4. The van der Waals surface area contributed by atoms with Crippen LogP contribution < -0.4 is 10.6 Å². The molecule has 0 atom stereocenters. The molecule has 1 aromatic heterocycles. The molecule has 1 aliphatic rings. The molecule has 156 valence electrons. The number of nitrogens with one attached hydrogen (secondary N) is 2. The number of rotatable bonds is 8. The predicted molar refractivity (Wildman–Crippen MR) is 115 cm³/mol. The fourth-order valence-electron chi connectivity index (χ4n) is 3.52. The average molecular weight is 398 g/mol. The Labute approximate surface area is 172 Å². The molecule has 1 aliphatic heterocycles. The second kappa shape index (κ2) is 10.6. The Morgan fingerprint density at radius 3 is 2.62 bits per heavy atom. The van der Waals surface area contributed by atoms with Crippen LogP contribution in [0.1, 0.15) is 37.6 Å². The standard InChI is InChI=1S/C22H31N5O2/c1-3-29-22(28)27-14-11-19(12-15-27)26-21-16-20(24-17(2)25-21)23-13-7-10-18-8-5-4-6-9-18/h4-6,8-9,16,19H,3,7,10-15H2,1-2H3,(H2,23,24,25,26). The van der Waals surface area contributed by atoms with Crippen LogP contribution in [0.25, 0.3) is 0 Å². The van der Waals surface area contributed by atoms with E-state index in [1.807, 2.05) is 26.0 Å². The molecular formula is C22H31N5O2. The molecule has 1 aromatic carbocycles. The van der Waals surface area contributed by atoms with Gasteiger partial charge in [-0.15, -0.1) is 0 Å². The molecule has 0 spiro atoms. The van der Waals surface area contributed by atoms with Gasteiger partial charge in [0.2, 0.25) is 0 Å². The number of nitrogens with zero attached hydrogens (tertiary/aromatic N) is 3. The van der Waals surface area contributed by atoms with Gasteiger partial charge in [0.25, 0.3) is 0 Å². The number of hydrogen-bond acceptors (Lipinski definition) is 6. The van der Waals surface area contributed by atoms with Crippen molar-refractivity contribution >= 4 is 17.7 Å². The van der Waals surface area contributed by atoms with Crippen LogP contribution in [0.2, 0.25) is 0 Å². The molecule has 1 saturated heterocycles.